The normalized spacial score (nSPS) is 12.7. The summed E-state index contributed by atoms with van der Waals surface area (Å²) in [6.07, 6.45) is -0.884. The molecule has 5 heteroatoms. The van der Waals surface area contributed by atoms with E-state index in [2.05, 4.69) is 9.97 Å². The van der Waals surface area contributed by atoms with Crippen LogP contribution in [0.5, 0.6) is 0 Å². The van der Waals surface area contributed by atoms with Crippen molar-refractivity contribution in [2.45, 2.75) is 26.9 Å². The van der Waals surface area contributed by atoms with Crippen molar-refractivity contribution >= 4 is 16.9 Å². The number of nitrogens with zero attached hydrogens (tertiary/aromatic N) is 2. The summed E-state index contributed by atoms with van der Waals surface area (Å²) in [4.78, 5) is 19.9. The molecule has 94 valence electrons. The van der Waals surface area contributed by atoms with Gasteiger partial charge in [0.25, 0.3) is 5.91 Å². The molecule has 5 nitrogen and oxygen atoms in total. The molecule has 0 aliphatic rings. The molecule has 0 saturated heterocycles. The molecule has 0 fully saturated rings. The SMILES string of the molecule is Cc1cc(C)c2nc(C(C)O)c(C(N)=O)nc2c1. The number of carbonyl (C=O) groups excluding carboxylic acids is 1. The zero-order valence-corrected chi connectivity index (χ0v) is 10.6. The highest BCUT2D eigenvalue weighted by atomic mass is 16.3. The van der Waals surface area contributed by atoms with E-state index in [1.54, 1.807) is 0 Å². The van der Waals surface area contributed by atoms with Gasteiger partial charge in [-0.25, -0.2) is 9.97 Å². The average molecular weight is 245 g/mol. The lowest BCUT2D eigenvalue weighted by Crippen LogP contribution is -2.18. The van der Waals surface area contributed by atoms with E-state index in [1.165, 1.54) is 6.92 Å². The van der Waals surface area contributed by atoms with Crippen LogP contribution in [0.2, 0.25) is 0 Å². The van der Waals surface area contributed by atoms with Crippen LogP contribution in [0.1, 0.15) is 40.3 Å². The van der Waals surface area contributed by atoms with Crippen LogP contribution >= 0.6 is 0 Å². The third-order valence-corrected chi connectivity index (χ3v) is 2.76. The molecule has 0 bridgehead atoms. The zero-order chi connectivity index (χ0) is 13.4. The molecule has 0 radical (unpaired) electrons. The van der Waals surface area contributed by atoms with Crippen LogP contribution in [0.15, 0.2) is 12.1 Å². The maximum atomic E-state index is 11.3. The molecule has 1 amide bonds. The number of hydrogen-bond acceptors (Lipinski definition) is 4. The highest BCUT2D eigenvalue weighted by Crippen LogP contribution is 2.22. The number of aliphatic hydroxyl groups excluding tert-OH is 1. The second-order valence-corrected chi connectivity index (χ2v) is 4.45. The Morgan fingerprint density at radius 1 is 1.33 bits per heavy atom. The fraction of sp³-hybridized carbons (Fsp3) is 0.308. The van der Waals surface area contributed by atoms with Gasteiger partial charge in [-0.3, -0.25) is 4.79 Å². The van der Waals surface area contributed by atoms with Gasteiger partial charge in [0.2, 0.25) is 0 Å². The van der Waals surface area contributed by atoms with E-state index >= 15 is 0 Å². The Balaban J connectivity index is 2.84. The van der Waals surface area contributed by atoms with Crippen LogP contribution in [-0.2, 0) is 0 Å². The fourth-order valence-electron chi connectivity index (χ4n) is 1.99. The molecule has 0 aliphatic carbocycles. The summed E-state index contributed by atoms with van der Waals surface area (Å²) in [5.74, 6) is -0.681. The van der Waals surface area contributed by atoms with Crippen molar-refractivity contribution in [3.63, 3.8) is 0 Å². The minimum Gasteiger partial charge on any atom is -0.387 e. The highest BCUT2D eigenvalue weighted by molar-refractivity contribution is 5.94. The number of aryl methyl sites for hydroxylation is 2. The van der Waals surface area contributed by atoms with Gasteiger partial charge in [-0.2, -0.15) is 0 Å². The third-order valence-electron chi connectivity index (χ3n) is 2.76. The van der Waals surface area contributed by atoms with Gasteiger partial charge in [-0.05, 0) is 38.0 Å². The van der Waals surface area contributed by atoms with Crippen molar-refractivity contribution in [1.82, 2.24) is 9.97 Å². The van der Waals surface area contributed by atoms with Gasteiger partial charge in [0, 0.05) is 0 Å². The first-order chi connectivity index (χ1) is 8.40. The third kappa shape index (κ3) is 2.04. The molecule has 0 saturated carbocycles. The van der Waals surface area contributed by atoms with E-state index in [1.807, 2.05) is 26.0 Å². The number of fused-ring (bicyclic) bond motifs is 1. The van der Waals surface area contributed by atoms with Crippen molar-refractivity contribution in [3.05, 3.63) is 34.6 Å². The second-order valence-electron chi connectivity index (χ2n) is 4.45. The lowest BCUT2D eigenvalue weighted by molar-refractivity contribution is 0.0987. The second kappa shape index (κ2) is 4.34. The highest BCUT2D eigenvalue weighted by Gasteiger charge is 2.18. The predicted molar refractivity (Wildman–Crippen MR) is 68.2 cm³/mol. The van der Waals surface area contributed by atoms with Gasteiger partial charge in [0.1, 0.15) is 5.69 Å². The van der Waals surface area contributed by atoms with Gasteiger partial charge in [0.15, 0.2) is 5.69 Å². The lowest BCUT2D eigenvalue weighted by Gasteiger charge is -2.11. The first-order valence-electron chi connectivity index (χ1n) is 5.67. The molecule has 3 N–H and O–H groups in total. The van der Waals surface area contributed by atoms with Gasteiger partial charge >= 0.3 is 0 Å². The van der Waals surface area contributed by atoms with Crippen molar-refractivity contribution in [1.29, 1.82) is 0 Å². The smallest absolute Gasteiger partial charge is 0.269 e. The number of carbonyl (C=O) groups is 1. The van der Waals surface area contributed by atoms with Gasteiger partial charge < -0.3 is 10.8 Å². The van der Waals surface area contributed by atoms with E-state index < -0.39 is 12.0 Å². The minimum atomic E-state index is -0.884. The summed E-state index contributed by atoms with van der Waals surface area (Å²) >= 11 is 0. The van der Waals surface area contributed by atoms with Gasteiger partial charge in [-0.15, -0.1) is 0 Å². The Morgan fingerprint density at radius 3 is 2.56 bits per heavy atom. The number of nitrogens with two attached hydrogens (primary N) is 1. The zero-order valence-electron chi connectivity index (χ0n) is 10.6. The number of benzene rings is 1. The van der Waals surface area contributed by atoms with Crippen LogP contribution in [0.3, 0.4) is 0 Å². The molecule has 1 aromatic heterocycles. The summed E-state index contributed by atoms with van der Waals surface area (Å²) < 4.78 is 0. The summed E-state index contributed by atoms with van der Waals surface area (Å²) in [7, 11) is 0. The number of aliphatic hydroxyl groups is 1. The topological polar surface area (TPSA) is 89.1 Å². The van der Waals surface area contributed by atoms with Gasteiger partial charge in [-0.1, -0.05) is 6.07 Å². The van der Waals surface area contributed by atoms with E-state index in [-0.39, 0.29) is 11.4 Å². The van der Waals surface area contributed by atoms with E-state index in [4.69, 9.17) is 5.73 Å². The van der Waals surface area contributed by atoms with Crippen LogP contribution in [0.4, 0.5) is 0 Å². The number of hydrogen-bond donors (Lipinski definition) is 2. The molecule has 1 atom stereocenters. The average Bonchev–Trinajstić information content (AvgIpc) is 2.26. The molecule has 2 aromatic rings. The molecule has 2 rings (SSSR count). The first kappa shape index (κ1) is 12.4. The molecule has 1 unspecified atom stereocenters. The molecule has 1 heterocycles. The Bertz CT molecular complexity index is 636. The summed E-state index contributed by atoms with van der Waals surface area (Å²) in [5.41, 5.74) is 8.81. The van der Waals surface area contributed by atoms with Crippen LogP contribution in [-0.4, -0.2) is 21.0 Å². The van der Waals surface area contributed by atoms with Crippen molar-refractivity contribution in [2.24, 2.45) is 5.73 Å². The lowest BCUT2D eigenvalue weighted by atomic mass is 10.1. The van der Waals surface area contributed by atoms with E-state index in [0.717, 1.165) is 11.1 Å². The maximum Gasteiger partial charge on any atom is 0.269 e. The van der Waals surface area contributed by atoms with Crippen molar-refractivity contribution < 1.29 is 9.90 Å². The quantitative estimate of drug-likeness (QED) is 0.836. The van der Waals surface area contributed by atoms with E-state index in [0.29, 0.717) is 11.0 Å². The summed E-state index contributed by atoms with van der Waals surface area (Å²) in [5, 5.41) is 9.65. The van der Waals surface area contributed by atoms with Gasteiger partial charge in [0.05, 0.1) is 17.1 Å². The number of primary amides is 1. The molecule has 18 heavy (non-hydrogen) atoms. The largest absolute Gasteiger partial charge is 0.387 e. The molecule has 0 spiro atoms. The fourth-order valence-corrected chi connectivity index (χ4v) is 1.99. The Hall–Kier alpha value is -2.01. The summed E-state index contributed by atoms with van der Waals surface area (Å²) in [6, 6.07) is 3.82. The van der Waals surface area contributed by atoms with Crippen LogP contribution < -0.4 is 5.73 Å². The first-order valence-corrected chi connectivity index (χ1v) is 5.67. The monoisotopic (exact) mass is 245 g/mol. The number of rotatable bonds is 2. The maximum absolute atomic E-state index is 11.3. The molecular weight excluding hydrogens is 230 g/mol. The number of aromatic nitrogens is 2. The standard InChI is InChI=1S/C13H15N3O2/c1-6-4-7(2)10-9(5-6)15-12(13(14)18)11(16-10)8(3)17/h4-5,8,17H,1-3H3,(H2,14,18). The summed E-state index contributed by atoms with van der Waals surface area (Å²) in [6.45, 7) is 5.40. The Kier molecular flexibility index (Phi) is 3.00. The van der Waals surface area contributed by atoms with Crippen LogP contribution in [0, 0.1) is 13.8 Å². The Morgan fingerprint density at radius 2 is 2.00 bits per heavy atom. The van der Waals surface area contributed by atoms with Crippen molar-refractivity contribution in [2.75, 3.05) is 0 Å². The van der Waals surface area contributed by atoms with Crippen LogP contribution in [0.25, 0.3) is 11.0 Å². The number of amides is 1. The molecule has 1 aromatic carbocycles. The molecule has 0 aliphatic heterocycles. The van der Waals surface area contributed by atoms with E-state index in [9.17, 15) is 9.90 Å². The predicted octanol–water partition coefficient (Wildman–Crippen LogP) is 1.40. The minimum absolute atomic E-state index is 0.0301. The molecular formula is C13H15N3O2. The van der Waals surface area contributed by atoms with Crippen molar-refractivity contribution in [3.8, 4) is 0 Å². The Labute approximate surface area is 105 Å².